The van der Waals surface area contributed by atoms with Gasteiger partial charge in [-0.1, -0.05) is 25.5 Å². The van der Waals surface area contributed by atoms with E-state index in [4.69, 9.17) is 5.73 Å². The summed E-state index contributed by atoms with van der Waals surface area (Å²) in [5.41, 5.74) is 5.94. The van der Waals surface area contributed by atoms with Gasteiger partial charge in [0.05, 0.1) is 0 Å². The molecule has 2 nitrogen and oxygen atoms in total. The zero-order valence-electron chi connectivity index (χ0n) is 8.71. The summed E-state index contributed by atoms with van der Waals surface area (Å²) >= 11 is 0. The average molecular weight is 182 g/mol. The van der Waals surface area contributed by atoms with Crippen molar-refractivity contribution in [1.29, 1.82) is 0 Å². The predicted octanol–water partition coefficient (Wildman–Crippen LogP) is 1.79. The van der Waals surface area contributed by atoms with Gasteiger partial charge < -0.3 is 5.73 Å². The van der Waals surface area contributed by atoms with Gasteiger partial charge in [0.25, 0.3) is 0 Å². The molecule has 0 aliphatic heterocycles. The van der Waals surface area contributed by atoms with Crippen LogP contribution >= 0.6 is 0 Å². The van der Waals surface area contributed by atoms with E-state index in [9.17, 15) is 0 Å². The van der Waals surface area contributed by atoms with Crippen LogP contribution in [0.5, 0.6) is 0 Å². The Balaban J connectivity index is 3.77. The summed E-state index contributed by atoms with van der Waals surface area (Å²) in [5, 5.41) is 0. The maximum atomic E-state index is 5.94. The van der Waals surface area contributed by atoms with E-state index in [2.05, 4.69) is 25.0 Å². The molecule has 0 aromatic rings. The second-order valence-corrected chi connectivity index (χ2v) is 3.34. The minimum atomic E-state index is 0.282. The number of hydrogen-bond donors (Lipinski definition) is 1. The van der Waals surface area contributed by atoms with Crippen LogP contribution in [0.25, 0.3) is 0 Å². The molecule has 0 aromatic heterocycles. The number of rotatable bonds is 8. The van der Waals surface area contributed by atoms with Crippen LogP contribution in [0.3, 0.4) is 0 Å². The molecule has 0 bridgehead atoms. The topological polar surface area (TPSA) is 29.3 Å². The molecule has 0 heterocycles. The summed E-state index contributed by atoms with van der Waals surface area (Å²) in [5.74, 6) is 0. The van der Waals surface area contributed by atoms with Gasteiger partial charge in [-0.15, -0.1) is 13.2 Å². The van der Waals surface area contributed by atoms with E-state index in [1.165, 1.54) is 0 Å². The molecule has 0 aliphatic rings. The van der Waals surface area contributed by atoms with Crippen molar-refractivity contribution in [2.24, 2.45) is 5.73 Å². The van der Waals surface area contributed by atoms with Gasteiger partial charge >= 0.3 is 0 Å². The Bertz CT molecular complexity index is 133. The zero-order valence-corrected chi connectivity index (χ0v) is 8.71. The van der Waals surface area contributed by atoms with Crippen LogP contribution in [0.15, 0.2) is 25.3 Å². The highest BCUT2D eigenvalue weighted by Crippen LogP contribution is 1.98. The first kappa shape index (κ1) is 12.4. The molecule has 0 saturated carbocycles. The van der Waals surface area contributed by atoms with Crippen LogP contribution in [0.4, 0.5) is 0 Å². The van der Waals surface area contributed by atoms with Crippen molar-refractivity contribution in [3.05, 3.63) is 25.3 Å². The zero-order chi connectivity index (χ0) is 10.1. The molecule has 0 radical (unpaired) electrons. The van der Waals surface area contributed by atoms with Crippen molar-refractivity contribution < 1.29 is 0 Å². The Kier molecular flexibility index (Phi) is 7.65. The quantitative estimate of drug-likeness (QED) is 0.580. The third kappa shape index (κ3) is 6.55. The summed E-state index contributed by atoms with van der Waals surface area (Å²) in [6.45, 7) is 12.3. The number of hydrogen-bond acceptors (Lipinski definition) is 2. The fourth-order valence-corrected chi connectivity index (χ4v) is 1.38. The summed E-state index contributed by atoms with van der Waals surface area (Å²) in [6, 6.07) is 0.282. The molecule has 0 aliphatic carbocycles. The molecule has 76 valence electrons. The van der Waals surface area contributed by atoms with Crippen LogP contribution < -0.4 is 5.73 Å². The molecule has 0 aromatic carbocycles. The monoisotopic (exact) mass is 182 g/mol. The standard InChI is InChI=1S/C11H22N2/c1-4-7-11(12)10-13(8-5-2)9-6-3/h5-6,11H,2-4,7-10,12H2,1H3/t11-/m0/s1. The van der Waals surface area contributed by atoms with E-state index in [-0.39, 0.29) is 6.04 Å². The van der Waals surface area contributed by atoms with Crippen molar-refractivity contribution in [2.75, 3.05) is 19.6 Å². The molecule has 0 unspecified atom stereocenters. The van der Waals surface area contributed by atoms with Crippen molar-refractivity contribution >= 4 is 0 Å². The summed E-state index contributed by atoms with van der Waals surface area (Å²) in [6.07, 6.45) is 6.05. The van der Waals surface area contributed by atoms with Gasteiger partial charge in [-0.3, -0.25) is 4.90 Å². The van der Waals surface area contributed by atoms with Crippen LogP contribution in [0.2, 0.25) is 0 Å². The Morgan fingerprint density at radius 1 is 1.31 bits per heavy atom. The Labute approximate surface area is 82.1 Å². The van der Waals surface area contributed by atoms with E-state index < -0.39 is 0 Å². The molecule has 2 heteroatoms. The van der Waals surface area contributed by atoms with Gasteiger partial charge in [0.2, 0.25) is 0 Å². The first-order valence-corrected chi connectivity index (χ1v) is 4.94. The molecule has 0 spiro atoms. The lowest BCUT2D eigenvalue weighted by atomic mass is 10.1. The Morgan fingerprint density at radius 3 is 2.23 bits per heavy atom. The second-order valence-electron chi connectivity index (χ2n) is 3.34. The van der Waals surface area contributed by atoms with Crippen molar-refractivity contribution in [3.8, 4) is 0 Å². The van der Waals surface area contributed by atoms with Gasteiger partial charge in [-0.2, -0.15) is 0 Å². The van der Waals surface area contributed by atoms with E-state index in [0.717, 1.165) is 32.5 Å². The van der Waals surface area contributed by atoms with Crippen LogP contribution in [-0.4, -0.2) is 30.6 Å². The summed E-state index contributed by atoms with van der Waals surface area (Å²) < 4.78 is 0. The van der Waals surface area contributed by atoms with Crippen molar-refractivity contribution in [2.45, 2.75) is 25.8 Å². The Morgan fingerprint density at radius 2 is 1.85 bits per heavy atom. The van der Waals surface area contributed by atoms with E-state index in [0.29, 0.717) is 0 Å². The van der Waals surface area contributed by atoms with Gasteiger partial charge in [-0.05, 0) is 6.42 Å². The van der Waals surface area contributed by atoms with Gasteiger partial charge in [0, 0.05) is 25.7 Å². The van der Waals surface area contributed by atoms with Gasteiger partial charge in [0.1, 0.15) is 0 Å². The summed E-state index contributed by atoms with van der Waals surface area (Å²) in [7, 11) is 0. The molecule has 1 atom stereocenters. The normalized spacial score (nSPS) is 12.8. The maximum absolute atomic E-state index is 5.94. The van der Waals surface area contributed by atoms with Crippen molar-refractivity contribution in [3.63, 3.8) is 0 Å². The lowest BCUT2D eigenvalue weighted by Crippen LogP contribution is -2.37. The molecule has 0 rings (SSSR count). The highest BCUT2D eigenvalue weighted by Gasteiger charge is 2.06. The lowest BCUT2D eigenvalue weighted by molar-refractivity contribution is 0.304. The molecule has 0 amide bonds. The molecular formula is C11H22N2. The SMILES string of the molecule is C=CCN(CC=C)C[C@@H](N)CCC. The molecule has 13 heavy (non-hydrogen) atoms. The first-order valence-electron chi connectivity index (χ1n) is 4.94. The average Bonchev–Trinajstić information content (AvgIpc) is 2.05. The maximum Gasteiger partial charge on any atom is 0.0167 e. The largest absolute Gasteiger partial charge is 0.327 e. The molecule has 0 saturated heterocycles. The third-order valence-electron chi connectivity index (χ3n) is 1.93. The van der Waals surface area contributed by atoms with E-state index in [1.807, 2.05) is 12.2 Å². The minimum absolute atomic E-state index is 0.282. The van der Waals surface area contributed by atoms with E-state index >= 15 is 0 Å². The number of nitrogens with two attached hydrogens (primary N) is 1. The van der Waals surface area contributed by atoms with Crippen LogP contribution in [0.1, 0.15) is 19.8 Å². The smallest absolute Gasteiger partial charge is 0.0167 e. The molecular weight excluding hydrogens is 160 g/mol. The molecule has 2 N–H and O–H groups in total. The number of nitrogens with zero attached hydrogens (tertiary/aromatic N) is 1. The fraction of sp³-hybridized carbons (Fsp3) is 0.636. The highest BCUT2D eigenvalue weighted by molar-refractivity contribution is 4.81. The predicted molar refractivity (Wildman–Crippen MR) is 59.7 cm³/mol. The first-order chi connectivity index (χ1) is 6.24. The van der Waals surface area contributed by atoms with E-state index in [1.54, 1.807) is 0 Å². The van der Waals surface area contributed by atoms with Crippen LogP contribution in [0, 0.1) is 0 Å². The Hall–Kier alpha value is -0.600. The van der Waals surface area contributed by atoms with Gasteiger partial charge in [-0.25, -0.2) is 0 Å². The molecule has 0 fully saturated rings. The van der Waals surface area contributed by atoms with Crippen molar-refractivity contribution in [1.82, 2.24) is 4.90 Å². The fourth-order valence-electron chi connectivity index (χ4n) is 1.38. The highest BCUT2D eigenvalue weighted by atomic mass is 15.1. The summed E-state index contributed by atoms with van der Waals surface area (Å²) in [4.78, 5) is 2.25. The minimum Gasteiger partial charge on any atom is -0.327 e. The lowest BCUT2D eigenvalue weighted by Gasteiger charge is -2.22. The van der Waals surface area contributed by atoms with Gasteiger partial charge in [0.15, 0.2) is 0 Å². The van der Waals surface area contributed by atoms with Crippen LogP contribution in [-0.2, 0) is 0 Å². The second kappa shape index (κ2) is 8.02. The third-order valence-corrected chi connectivity index (χ3v) is 1.93.